The molecule has 0 aliphatic carbocycles. The minimum Gasteiger partial charge on any atom is -0.466 e. The number of hydrogen-bond acceptors (Lipinski definition) is 5. The molecule has 0 spiro atoms. The minimum absolute atomic E-state index is 0.0734. The topological polar surface area (TPSA) is 83.1 Å². The van der Waals surface area contributed by atoms with Crippen LogP contribution < -0.4 is 0 Å². The number of esters is 1. The zero-order chi connectivity index (χ0) is 16.5. The summed E-state index contributed by atoms with van der Waals surface area (Å²) in [5.74, 6) is 0.670. The second-order valence-electron chi connectivity index (χ2n) is 4.23. The standard InChI is InChI=1S/C8H12ClNO2.C6H10ClNO/c1-2-12-8(11)5-7(6-9)3-4-10;1-9-5-6(4-7)2-3-8/h7H,2-3,5-6H2,1H3;6H,2,4-5H2,1H3. The molecule has 0 saturated carbocycles. The third kappa shape index (κ3) is 15.2. The van der Waals surface area contributed by atoms with Crippen LogP contribution in [-0.2, 0) is 14.3 Å². The van der Waals surface area contributed by atoms with Crippen LogP contribution in [0, 0.1) is 34.5 Å². The second kappa shape index (κ2) is 17.0. The lowest BCUT2D eigenvalue weighted by molar-refractivity contribution is -0.144. The van der Waals surface area contributed by atoms with Crippen LogP contribution in [0.2, 0.25) is 0 Å². The smallest absolute Gasteiger partial charge is 0.306 e. The van der Waals surface area contributed by atoms with Crippen molar-refractivity contribution in [3.05, 3.63) is 0 Å². The summed E-state index contributed by atoms with van der Waals surface area (Å²) in [7, 11) is 1.61. The van der Waals surface area contributed by atoms with E-state index in [1.54, 1.807) is 14.0 Å². The quantitative estimate of drug-likeness (QED) is 0.477. The number of nitrogens with zero attached hydrogens (tertiary/aromatic N) is 2. The Morgan fingerprint density at radius 2 is 1.67 bits per heavy atom. The lowest BCUT2D eigenvalue weighted by Crippen LogP contribution is -2.12. The molecule has 0 heterocycles. The molecule has 0 bridgehead atoms. The van der Waals surface area contributed by atoms with Gasteiger partial charge in [0.1, 0.15) is 0 Å². The predicted octanol–water partition coefficient (Wildman–Crippen LogP) is 3.11. The molecule has 0 amide bonds. The monoisotopic (exact) mass is 336 g/mol. The number of carbonyl (C=O) groups excluding carboxylic acids is 1. The van der Waals surface area contributed by atoms with Gasteiger partial charge in [0.25, 0.3) is 0 Å². The summed E-state index contributed by atoms with van der Waals surface area (Å²) in [6.45, 7) is 2.70. The van der Waals surface area contributed by atoms with Gasteiger partial charge in [0.05, 0.1) is 31.8 Å². The van der Waals surface area contributed by atoms with Crippen LogP contribution in [0.25, 0.3) is 0 Å². The van der Waals surface area contributed by atoms with Crippen LogP contribution in [0.15, 0.2) is 0 Å². The summed E-state index contributed by atoms with van der Waals surface area (Å²) < 4.78 is 9.53. The Labute approximate surface area is 136 Å². The van der Waals surface area contributed by atoms with E-state index >= 15 is 0 Å². The van der Waals surface area contributed by atoms with E-state index in [-0.39, 0.29) is 24.2 Å². The lowest BCUT2D eigenvalue weighted by Gasteiger charge is -2.07. The lowest BCUT2D eigenvalue weighted by atomic mass is 10.1. The van der Waals surface area contributed by atoms with Crippen molar-refractivity contribution in [3.8, 4) is 12.1 Å². The Kier molecular flexibility index (Phi) is 18.1. The Balaban J connectivity index is 0. The number of nitriles is 2. The van der Waals surface area contributed by atoms with E-state index in [1.807, 2.05) is 12.1 Å². The van der Waals surface area contributed by atoms with E-state index in [4.69, 9.17) is 43.2 Å². The van der Waals surface area contributed by atoms with Crippen molar-refractivity contribution in [1.29, 1.82) is 10.5 Å². The summed E-state index contributed by atoms with van der Waals surface area (Å²) in [5, 5.41) is 16.6. The molecule has 0 saturated heterocycles. The number of methoxy groups -OCH3 is 1. The van der Waals surface area contributed by atoms with E-state index in [9.17, 15) is 4.79 Å². The van der Waals surface area contributed by atoms with Gasteiger partial charge in [0.15, 0.2) is 0 Å². The van der Waals surface area contributed by atoms with Crippen LogP contribution in [0.1, 0.15) is 26.2 Å². The average molecular weight is 337 g/mol. The third-order valence-corrected chi connectivity index (χ3v) is 3.23. The highest BCUT2D eigenvalue weighted by molar-refractivity contribution is 6.18. The molecule has 0 N–H and O–H groups in total. The minimum atomic E-state index is -0.279. The van der Waals surface area contributed by atoms with Crippen LogP contribution in [0.5, 0.6) is 0 Å². The van der Waals surface area contributed by atoms with Gasteiger partial charge in [-0.25, -0.2) is 0 Å². The fraction of sp³-hybridized carbons (Fsp3) is 0.786. The van der Waals surface area contributed by atoms with E-state index < -0.39 is 0 Å². The molecule has 0 aromatic carbocycles. The molecule has 2 unspecified atom stereocenters. The highest BCUT2D eigenvalue weighted by atomic mass is 35.5. The molecular weight excluding hydrogens is 315 g/mol. The summed E-state index contributed by atoms with van der Waals surface area (Å²) in [6, 6.07) is 4.01. The molecule has 120 valence electrons. The number of carbonyl (C=O) groups is 1. The fourth-order valence-electron chi connectivity index (χ4n) is 1.29. The molecule has 0 fully saturated rings. The van der Waals surface area contributed by atoms with Gasteiger partial charge in [-0.2, -0.15) is 10.5 Å². The van der Waals surface area contributed by atoms with Crippen molar-refractivity contribution in [1.82, 2.24) is 0 Å². The molecule has 7 heteroatoms. The number of hydrogen-bond donors (Lipinski definition) is 0. The van der Waals surface area contributed by atoms with Crippen molar-refractivity contribution in [3.63, 3.8) is 0 Å². The maximum absolute atomic E-state index is 10.9. The van der Waals surface area contributed by atoms with Crippen LogP contribution in [-0.4, -0.2) is 38.1 Å². The van der Waals surface area contributed by atoms with Gasteiger partial charge in [-0.05, 0) is 12.8 Å². The molecule has 0 aliphatic rings. The number of halogens is 2. The largest absolute Gasteiger partial charge is 0.466 e. The van der Waals surface area contributed by atoms with Gasteiger partial charge in [-0.15, -0.1) is 23.2 Å². The molecule has 0 aromatic heterocycles. The maximum atomic E-state index is 10.9. The van der Waals surface area contributed by atoms with Crippen molar-refractivity contribution in [2.75, 3.05) is 32.1 Å². The number of rotatable bonds is 9. The molecule has 2 atom stereocenters. The van der Waals surface area contributed by atoms with Crippen LogP contribution in [0.3, 0.4) is 0 Å². The van der Waals surface area contributed by atoms with Gasteiger partial charge >= 0.3 is 5.97 Å². The van der Waals surface area contributed by atoms with Crippen LogP contribution >= 0.6 is 23.2 Å². The van der Waals surface area contributed by atoms with Gasteiger partial charge in [0, 0.05) is 37.6 Å². The van der Waals surface area contributed by atoms with Gasteiger partial charge in [-0.3, -0.25) is 4.79 Å². The zero-order valence-electron chi connectivity index (χ0n) is 12.5. The first-order chi connectivity index (χ1) is 10.1. The van der Waals surface area contributed by atoms with Crippen molar-refractivity contribution >= 4 is 29.2 Å². The first-order valence-corrected chi connectivity index (χ1v) is 7.66. The Bertz CT molecular complexity index is 340. The van der Waals surface area contributed by atoms with Gasteiger partial charge in [0.2, 0.25) is 0 Å². The Hall–Kier alpha value is -1.01. The first kappa shape index (κ1) is 22.3. The summed E-state index contributed by atoms with van der Waals surface area (Å²) >= 11 is 11.0. The number of ether oxygens (including phenoxy) is 2. The predicted molar refractivity (Wildman–Crippen MR) is 82.0 cm³/mol. The second-order valence-corrected chi connectivity index (χ2v) is 4.85. The Morgan fingerprint density at radius 3 is 2.05 bits per heavy atom. The maximum Gasteiger partial charge on any atom is 0.306 e. The van der Waals surface area contributed by atoms with Crippen LogP contribution in [0.4, 0.5) is 0 Å². The normalized spacial score (nSPS) is 12.1. The van der Waals surface area contributed by atoms with E-state index in [0.717, 1.165) is 0 Å². The average Bonchev–Trinajstić information content (AvgIpc) is 2.47. The highest BCUT2D eigenvalue weighted by Crippen LogP contribution is 2.10. The molecule has 0 aliphatic heterocycles. The molecule has 0 radical (unpaired) electrons. The summed E-state index contributed by atoms with van der Waals surface area (Å²) in [6.07, 6.45) is 1.03. The van der Waals surface area contributed by atoms with Gasteiger partial charge < -0.3 is 9.47 Å². The molecule has 0 rings (SSSR count). The van der Waals surface area contributed by atoms with Crippen molar-refractivity contribution in [2.24, 2.45) is 11.8 Å². The molecule has 5 nitrogen and oxygen atoms in total. The summed E-state index contributed by atoms with van der Waals surface area (Å²) in [4.78, 5) is 10.9. The van der Waals surface area contributed by atoms with Gasteiger partial charge in [-0.1, -0.05) is 0 Å². The third-order valence-electron chi connectivity index (χ3n) is 2.36. The Morgan fingerprint density at radius 1 is 1.14 bits per heavy atom. The molecule has 21 heavy (non-hydrogen) atoms. The van der Waals surface area contributed by atoms with E-state index in [2.05, 4.69) is 0 Å². The van der Waals surface area contributed by atoms with E-state index in [0.29, 0.717) is 37.8 Å². The number of alkyl halides is 2. The SMILES string of the molecule is CCOC(=O)CC(CCl)CC#N.COCC(CCl)CC#N. The fourth-order valence-corrected chi connectivity index (χ4v) is 1.71. The zero-order valence-corrected chi connectivity index (χ0v) is 14.0. The van der Waals surface area contributed by atoms with E-state index in [1.165, 1.54) is 0 Å². The van der Waals surface area contributed by atoms with Crippen molar-refractivity contribution in [2.45, 2.75) is 26.2 Å². The molecule has 0 aromatic rings. The van der Waals surface area contributed by atoms with Crippen molar-refractivity contribution < 1.29 is 14.3 Å². The first-order valence-electron chi connectivity index (χ1n) is 6.59. The summed E-state index contributed by atoms with van der Waals surface area (Å²) in [5.41, 5.74) is 0. The highest BCUT2D eigenvalue weighted by Gasteiger charge is 2.12. The molecular formula is C14H22Cl2N2O3.